The van der Waals surface area contributed by atoms with E-state index in [1.807, 2.05) is 35.2 Å². The third-order valence-electron chi connectivity index (χ3n) is 4.93. The molecule has 1 aliphatic carbocycles. The predicted molar refractivity (Wildman–Crippen MR) is 86.0 cm³/mol. The summed E-state index contributed by atoms with van der Waals surface area (Å²) >= 11 is 0. The van der Waals surface area contributed by atoms with E-state index in [-0.39, 0.29) is 22.8 Å². The van der Waals surface area contributed by atoms with Crippen molar-refractivity contribution in [2.24, 2.45) is 5.92 Å². The number of amides is 1. The van der Waals surface area contributed by atoms with Gasteiger partial charge in [-0.3, -0.25) is 4.79 Å². The summed E-state index contributed by atoms with van der Waals surface area (Å²) in [6, 6.07) is 9.33. The Hall–Kier alpha value is -1.36. The fourth-order valence-electron chi connectivity index (χ4n) is 3.27. The number of rotatable bonds is 4. The van der Waals surface area contributed by atoms with Crippen molar-refractivity contribution in [3.05, 3.63) is 35.9 Å². The standard InChI is InChI=1S/C17H23NO3S/c19-17(15-7-4-8-15)18-11-9-16(10-12-18)22(20,21)13-14-5-2-1-3-6-14/h1-3,5-6,15-16H,4,7-13H2. The highest BCUT2D eigenvalue weighted by Gasteiger charge is 2.35. The van der Waals surface area contributed by atoms with Crippen LogP contribution in [0.1, 0.15) is 37.7 Å². The zero-order valence-electron chi connectivity index (χ0n) is 12.8. The third-order valence-corrected chi connectivity index (χ3v) is 7.15. The number of carbonyl (C=O) groups is 1. The number of sulfone groups is 1. The van der Waals surface area contributed by atoms with Gasteiger partial charge in [-0.25, -0.2) is 8.42 Å². The first-order valence-corrected chi connectivity index (χ1v) is 9.82. The summed E-state index contributed by atoms with van der Waals surface area (Å²) in [5.74, 6) is 0.553. The van der Waals surface area contributed by atoms with Gasteiger partial charge in [0.05, 0.1) is 11.0 Å². The maximum Gasteiger partial charge on any atom is 0.225 e. The molecule has 1 saturated carbocycles. The van der Waals surface area contributed by atoms with Gasteiger partial charge in [-0.15, -0.1) is 0 Å². The van der Waals surface area contributed by atoms with Crippen molar-refractivity contribution >= 4 is 15.7 Å². The van der Waals surface area contributed by atoms with E-state index in [1.165, 1.54) is 0 Å². The largest absolute Gasteiger partial charge is 0.342 e. The molecule has 1 aromatic rings. The highest BCUT2D eigenvalue weighted by molar-refractivity contribution is 7.91. The summed E-state index contributed by atoms with van der Waals surface area (Å²) in [4.78, 5) is 14.1. The molecule has 4 nitrogen and oxygen atoms in total. The molecule has 1 saturated heterocycles. The average Bonchev–Trinajstić information content (AvgIpc) is 2.46. The van der Waals surface area contributed by atoms with Gasteiger partial charge in [0.1, 0.15) is 0 Å². The molecule has 0 spiro atoms. The number of benzene rings is 1. The molecule has 0 radical (unpaired) electrons. The van der Waals surface area contributed by atoms with Gasteiger partial charge in [0, 0.05) is 19.0 Å². The van der Waals surface area contributed by atoms with Crippen molar-refractivity contribution in [3.63, 3.8) is 0 Å². The lowest BCUT2D eigenvalue weighted by Crippen LogP contribution is -2.46. The monoisotopic (exact) mass is 321 g/mol. The normalized spacial score (nSPS) is 20.6. The van der Waals surface area contributed by atoms with Crippen LogP contribution in [0.5, 0.6) is 0 Å². The van der Waals surface area contributed by atoms with Gasteiger partial charge >= 0.3 is 0 Å². The third kappa shape index (κ3) is 3.35. The van der Waals surface area contributed by atoms with Crippen LogP contribution in [0.4, 0.5) is 0 Å². The van der Waals surface area contributed by atoms with Gasteiger partial charge in [-0.1, -0.05) is 36.8 Å². The van der Waals surface area contributed by atoms with E-state index in [9.17, 15) is 13.2 Å². The van der Waals surface area contributed by atoms with Gasteiger partial charge in [0.2, 0.25) is 5.91 Å². The Bertz CT molecular complexity index is 615. The smallest absolute Gasteiger partial charge is 0.225 e. The highest BCUT2D eigenvalue weighted by atomic mass is 32.2. The first-order chi connectivity index (χ1) is 10.6. The molecule has 0 bridgehead atoms. The van der Waals surface area contributed by atoms with Crippen LogP contribution in [0, 0.1) is 5.92 Å². The summed E-state index contributed by atoms with van der Waals surface area (Å²) in [6.45, 7) is 1.18. The zero-order valence-corrected chi connectivity index (χ0v) is 13.6. The van der Waals surface area contributed by atoms with Crippen molar-refractivity contribution < 1.29 is 13.2 Å². The van der Waals surface area contributed by atoms with E-state index in [2.05, 4.69) is 0 Å². The van der Waals surface area contributed by atoms with E-state index >= 15 is 0 Å². The zero-order chi connectivity index (χ0) is 15.6. The van der Waals surface area contributed by atoms with Crippen molar-refractivity contribution in [1.82, 2.24) is 4.90 Å². The Balaban J connectivity index is 1.57. The molecule has 1 aliphatic heterocycles. The topological polar surface area (TPSA) is 54.5 Å². The van der Waals surface area contributed by atoms with E-state index < -0.39 is 9.84 Å². The van der Waals surface area contributed by atoms with Crippen LogP contribution < -0.4 is 0 Å². The molecular weight excluding hydrogens is 298 g/mol. The maximum atomic E-state index is 12.5. The lowest BCUT2D eigenvalue weighted by Gasteiger charge is -2.36. The van der Waals surface area contributed by atoms with Gasteiger partial charge in [-0.05, 0) is 31.2 Å². The second kappa shape index (κ2) is 6.41. The minimum Gasteiger partial charge on any atom is -0.342 e. The molecule has 3 rings (SSSR count). The molecule has 1 aromatic carbocycles. The van der Waals surface area contributed by atoms with E-state index in [0.29, 0.717) is 25.9 Å². The summed E-state index contributed by atoms with van der Waals surface area (Å²) in [6.07, 6.45) is 4.32. The van der Waals surface area contributed by atoms with Gasteiger partial charge in [0.25, 0.3) is 0 Å². The SMILES string of the molecule is O=C(C1CCC1)N1CCC(S(=O)(=O)Cc2ccccc2)CC1. The summed E-state index contributed by atoms with van der Waals surface area (Å²) < 4.78 is 25.1. The van der Waals surface area contributed by atoms with Crippen molar-refractivity contribution in [2.45, 2.75) is 43.1 Å². The molecule has 2 fully saturated rings. The number of piperidine rings is 1. The molecule has 0 aromatic heterocycles. The molecule has 22 heavy (non-hydrogen) atoms. The first-order valence-electron chi connectivity index (χ1n) is 8.10. The van der Waals surface area contributed by atoms with Crippen LogP contribution >= 0.6 is 0 Å². The fourth-order valence-corrected chi connectivity index (χ4v) is 5.09. The van der Waals surface area contributed by atoms with Gasteiger partial charge in [-0.2, -0.15) is 0 Å². The second-order valence-corrected chi connectivity index (χ2v) is 8.73. The average molecular weight is 321 g/mol. The molecule has 0 atom stereocenters. The highest BCUT2D eigenvalue weighted by Crippen LogP contribution is 2.30. The van der Waals surface area contributed by atoms with Crippen molar-refractivity contribution in [1.29, 1.82) is 0 Å². The van der Waals surface area contributed by atoms with Gasteiger partial charge in [0.15, 0.2) is 9.84 Å². The summed E-state index contributed by atoms with van der Waals surface area (Å²) in [5.41, 5.74) is 0.843. The molecule has 120 valence electrons. The minimum absolute atomic E-state index is 0.106. The molecular formula is C17H23NO3S. The summed E-state index contributed by atoms with van der Waals surface area (Å²) in [7, 11) is -3.14. The first kappa shape index (κ1) is 15.5. The number of carbonyl (C=O) groups excluding carboxylic acids is 1. The minimum atomic E-state index is -3.14. The molecule has 1 amide bonds. The van der Waals surface area contributed by atoms with Crippen molar-refractivity contribution in [3.8, 4) is 0 Å². The quantitative estimate of drug-likeness (QED) is 0.855. The Morgan fingerprint density at radius 3 is 2.23 bits per heavy atom. The van der Waals surface area contributed by atoms with Crippen LogP contribution in [0.25, 0.3) is 0 Å². The Morgan fingerprint density at radius 1 is 1.05 bits per heavy atom. The van der Waals surface area contributed by atoms with E-state index in [1.54, 1.807) is 0 Å². The number of hydrogen-bond donors (Lipinski definition) is 0. The number of likely N-dealkylation sites (tertiary alicyclic amines) is 1. The maximum absolute atomic E-state index is 12.5. The lowest BCUT2D eigenvalue weighted by molar-refractivity contribution is -0.139. The number of nitrogens with zero attached hydrogens (tertiary/aromatic N) is 1. The van der Waals surface area contributed by atoms with E-state index in [0.717, 1.165) is 24.8 Å². The predicted octanol–water partition coefficient (Wildman–Crippen LogP) is 2.39. The van der Waals surface area contributed by atoms with E-state index in [4.69, 9.17) is 0 Å². The van der Waals surface area contributed by atoms with Crippen LogP contribution in [-0.2, 0) is 20.4 Å². The van der Waals surface area contributed by atoms with Gasteiger partial charge < -0.3 is 4.90 Å². The van der Waals surface area contributed by atoms with Crippen LogP contribution in [0.3, 0.4) is 0 Å². The van der Waals surface area contributed by atoms with Crippen LogP contribution in [0.15, 0.2) is 30.3 Å². The van der Waals surface area contributed by atoms with Crippen LogP contribution in [-0.4, -0.2) is 37.6 Å². The molecule has 1 heterocycles. The molecule has 0 N–H and O–H groups in total. The van der Waals surface area contributed by atoms with Crippen LogP contribution in [0.2, 0.25) is 0 Å². The number of hydrogen-bond acceptors (Lipinski definition) is 3. The summed E-state index contributed by atoms with van der Waals surface area (Å²) in [5, 5.41) is -0.307. The fraction of sp³-hybridized carbons (Fsp3) is 0.588. The Kier molecular flexibility index (Phi) is 4.52. The lowest BCUT2D eigenvalue weighted by atomic mass is 9.84. The second-order valence-electron chi connectivity index (χ2n) is 6.45. The molecule has 0 unspecified atom stereocenters. The molecule has 2 aliphatic rings. The Morgan fingerprint density at radius 2 is 1.68 bits per heavy atom. The van der Waals surface area contributed by atoms with Crippen molar-refractivity contribution in [2.75, 3.05) is 13.1 Å². The molecule has 5 heteroatoms. The Labute approximate surface area is 132 Å².